The summed E-state index contributed by atoms with van der Waals surface area (Å²) in [6, 6.07) is 1.95. The molecule has 2 aromatic rings. The number of aromatic nitrogens is 2. The molecule has 0 saturated carbocycles. The second-order valence-electron chi connectivity index (χ2n) is 4.78. The highest BCUT2D eigenvalue weighted by atomic mass is 35.5. The van der Waals surface area contributed by atoms with E-state index < -0.39 is 0 Å². The van der Waals surface area contributed by atoms with Crippen LogP contribution in [-0.4, -0.2) is 28.1 Å². The van der Waals surface area contributed by atoms with Crippen molar-refractivity contribution in [2.45, 2.75) is 26.3 Å². The molecule has 0 N–H and O–H groups in total. The molecule has 0 amide bonds. The number of rotatable bonds is 3. The molecule has 3 rings (SSSR count). The summed E-state index contributed by atoms with van der Waals surface area (Å²) in [4.78, 5) is 10.9. The van der Waals surface area contributed by atoms with Gasteiger partial charge in [0.05, 0.1) is 5.02 Å². The third-order valence-electron chi connectivity index (χ3n) is 3.35. The van der Waals surface area contributed by atoms with Gasteiger partial charge in [0.25, 0.3) is 0 Å². The fourth-order valence-electron chi connectivity index (χ4n) is 2.36. The summed E-state index contributed by atoms with van der Waals surface area (Å²) in [5.41, 5.74) is 2.57. The van der Waals surface area contributed by atoms with E-state index in [1.807, 2.05) is 6.07 Å². The molecule has 4 nitrogen and oxygen atoms in total. The Labute approximate surface area is 117 Å². The Morgan fingerprint density at radius 1 is 1.32 bits per heavy atom. The Hall–Kier alpha value is -1.39. The molecule has 100 valence electrons. The molecule has 2 heterocycles. The number of fused-ring (bicyclic) bond motifs is 3. The van der Waals surface area contributed by atoms with Crippen molar-refractivity contribution in [2.75, 3.05) is 13.3 Å². The number of ether oxygens (including phenoxy) is 1. The van der Waals surface area contributed by atoms with E-state index in [0.29, 0.717) is 17.3 Å². The quantitative estimate of drug-likeness (QED) is 0.863. The van der Waals surface area contributed by atoms with Gasteiger partial charge in [-0.05, 0) is 12.5 Å². The average Bonchev–Trinajstić information content (AvgIpc) is 2.45. The van der Waals surface area contributed by atoms with Crippen LogP contribution in [0.15, 0.2) is 18.5 Å². The van der Waals surface area contributed by atoms with Gasteiger partial charge >= 0.3 is 0 Å². The SMILES string of the molecule is CCCCN1COc2c(cc(Cl)c3nccnc23)C1. The Morgan fingerprint density at radius 2 is 2.11 bits per heavy atom. The van der Waals surface area contributed by atoms with Crippen molar-refractivity contribution in [3.8, 4) is 5.75 Å². The van der Waals surface area contributed by atoms with Gasteiger partial charge in [0.1, 0.15) is 17.8 Å². The molecule has 0 unspecified atom stereocenters. The summed E-state index contributed by atoms with van der Waals surface area (Å²) in [5.74, 6) is 0.834. The van der Waals surface area contributed by atoms with Crippen LogP contribution in [0.5, 0.6) is 5.75 Å². The van der Waals surface area contributed by atoms with Gasteiger partial charge in [-0.15, -0.1) is 0 Å². The molecule has 0 atom stereocenters. The molecule has 0 spiro atoms. The molecule has 1 aliphatic rings. The number of hydrogen-bond donors (Lipinski definition) is 0. The van der Waals surface area contributed by atoms with Crippen LogP contribution in [0.25, 0.3) is 11.0 Å². The normalized spacial score (nSPS) is 15.3. The maximum atomic E-state index is 6.27. The summed E-state index contributed by atoms with van der Waals surface area (Å²) < 4.78 is 5.87. The van der Waals surface area contributed by atoms with Gasteiger partial charge in [-0.1, -0.05) is 24.9 Å². The zero-order chi connectivity index (χ0) is 13.2. The van der Waals surface area contributed by atoms with Gasteiger partial charge in [-0.2, -0.15) is 0 Å². The minimum atomic E-state index is 0.611. The number of unbranched alkanes of at least 4 members (excludes halogenated alkanes) is 1. The predicted octanol–water partition coefficient (Wildman–Crippen LogP) is 3.24. The predicted molar refractivity (Wildman–Crippen MR) is 75.4 cm³/mol. The first-order chi connectivity index (χ1) is 9.29. The van der Waals surface area contributed by atoms with Crippen LogP contribution in [0, 0.1) is 0 Å². The van der Waals surface area contributed by atoms with Gasteiger partial charge in [-0.25, -0.2) is 4.98 Å². The van der Waals surface area contributed by atoms with Crippen molar-refractivity contribution < 1.29 is 4.74 Å². The largest absolute Gasteiger partial charge is 0.475 e. The average molecular weight is 278 g/mol. The van der Waals surface area contributed by atoms with Crippen LogP contribution >= 0.6 is 11.6 Å². The van der Waals surface area contributed by atoms with E-state index in [2.05, 4.69) is 21.8 Å². The number of hydrogen-bond acceptors (Lipinski definition) is 4. The van der Waals surface area contributed by atoms with E-state index in [4.69, 9.17) is 16.3 Å². The lowest BCUT2D eigenvalue weighted by Gasteiger charge is -2.29. The van der Waals surface area contributed by atoms with Gasteiger partial charge in [0.2, 0.25) is 0 Å². The fraction of sp³-hybridized carbons (Fsp3) is 0.429. The highest BCUT2D eigenvalue weighted by Crippen LogP contribution is 2.35. The third kappa shape index (κ3) is 2.38. The fourth-order valence-corrected chi connectivity index (χ4v) is 2.63. The first-order valence-electron chi connectivity index (χ1n) is 6.57. The minimum Gasteiger partial charge on any atom is -0.475 e. The molecule has 0 saturated heterocycles. The van der Waals surface area contributed by atoms with E-state index in [9.17, 15) is 0 Å². The van der Waals surface area contributed by atoms with Crippen molar-refractivity contribution >= 4 is 22.6 Å². The molecule has 19 heavy (non-hydrogen) atoms. The molecular formula is C14H16ClN3O. The van der Waals surface area contributed by atoms with Crippen LogP contribution in [0.3, 0.4) is 0 Å². The second-order valence-corrected chi connectivity index (χ2v) is 5.19. The standard InChI is InChI=1S/C14H16ClN3O/c1-2-3-6-18-8-10-7-11(15)12-13(14(10)19-9-18)17-5-4-16-12/h4-5,7H,2-3,6,8-9H2,1H3. The van der Waals surface area contributed by atoms with E-state index in [1.165, 1.54) is 12.8 Å². The van der Waals surface area contributed by atoms with Crippen LogP contribution in [0.1, 0.15) is 25.3 Å². The Morgan fingerprint density at radius 3 is 2.89 bits per heavy atom. The first-order valence-corrected chi connectivity index (χ1v) is 6.94. The monoisotopic (exact) mass is 277 g/mol. The van der Waals surface area contributed by atoms with Crippen LogP contribution in [0.4, 0.5) is 0 Å². The number of benzene rings is 1. The maximum Gasteiger partial charge on any atom is 0.153 e. The Bertz CT molecular complexity index is 603. The molecule has 1 aromatic heterocycles. The molecule has 0 aliphatic carbocycles. The lowest BCUT2D eigenvalue weighted by molar-refractivity contribution is 0.0955. The van der Waals surface area contributed by atoms with Crippen molar-refractivity contribution in [3.63, 3.8) is 0 Å². The maximum absolute atomic E-state index is 6.27. The van der Waals surface area contributed by atoms with E-state index in [1.54, 1.807) is 12.4 Å². The van der Waals surface area contributed by atoms with Gasteiger partial charge in [0.15, 0.2) is 5.75 Å². The molecule has 5 heteroatoms. The molecular weight excluding hydrogens is 262 g/mol. The molecule has 0 fully saturated rings. The third-order valence-corrected chi connectivity index (χ3v) is 3.63. The summed E-state index contributed by atoms with van der Waals surface area (Å²) in [7, 11) is 0. The lowest BCUT2D eigenvalue weighted by atomic mass is 10.1. The highest BCUT2D eigenvalue weighted by Gasteiger charge is 2.21. The van der Waals surface area contributed by atoms with Crippen LogP contribution < -0.4 is 4.74 Å². The van der Waals surface area contributed by atoms with E-state index >= 15 is 0 Å². The van der Waals surface area contributed by atoms with Crippen molar-refractivity contribution in [3.05, 3.63) is 29.0 Å². The van der Waals surface area contributed by atoms with E-state index in [0.717, 1.165) is 29.9 Å². The lowest BCUT2D eigenvalue weighted by Crippen LogP contribution is -2.32. The van der Waals surface area contributed by atoms with Crippen molar-refractivity contribution in [1.29, 1.82) is 0 Å². The van der Waals surface area contributed by atoms with Gasteiger partial charge < -0.3 is 4.74 Å². The second kappa shape index (κ2) is 5.31. The van der Waals surface area contributed by atoms with Crippen LogP contribution in [-0.2, 0) is 6.54 Å². The van der Waals surface area contributed by atoms with Gasteiger partial charge in [-0.3, -0.25) is 9.88 Å². The highest BCUT2D eigenvalue weighted by molar-refractivity contribution is 6.35. The molecule has 1 aromatic carbocycles. The summed E-state index contributed by atoms with van der Waals surface area (Å²) >= 11 is 6.27. The zero-order valence-electron chi connectivity index (χ0n) is 10.9. The Kier molecular flexibility index (Phi) is 3.53. The number of halogens is 1. The smallest absolute Gasteiger partial charge is 0.153 e. The zero-order valence-corrected chi connectivity index (χ0v) is 11.7. The minimum absolute atomic E-state index is 0.611. The van der Waals surface area contributed by atoms with Gasteiger partial charge in [0, 0.05) is 31.0 Å². The number of nitrogens with zero attached hydrogens (tertiary/aromatic N) is 3. The Balaban J connectivity index is 1.98. The molecule has 0 radical (unpaired) electrons. The topological polar surface area (TPSA) is 38.2 Å². The molecule has 1 aliphatic heterocycles. The van der Waals surface area contributed by atoms with E-state index in [-0.39, 0.29) is 0 Å². The summed E-state index contributed by atoms with van der Waals surface area (Å²) in [6.07, 6.45) is 5.69. The van der Waals surface area contributed by atoms with Crippen molar-refractivity contribution in [1.82, 2.24) is 14.9 Å². The molecule has 0 bridgehead atoms. The first kappa shape index (κ1) is 12.6. The summed E-state index contributed by atoms with van der Waals surface area (Å²) in [6.45, 7) is 4.71. The summed E-state index contributed by atoms with van der Waals surface area (Å²) in [5, 5.41) is 0.641. The van der Waals surface area contributed by atoms with Crippen LogP contribution in [0.2, 0.25) is 5.02 Å². The van der Waals surface area contributed by atoms with Crippen molar-refractivity contribution in [2.24, 2.45) is 0 Å².